The molecule has 0 saturated heterocycles. The zero-order valence-corrected chi connectivity index (χ0v) is 20.6. The molecule has 1 aromatic carbocycles. The fourth-order valence-electron chi connectivity index (χ4n) is 4.61. The highest BCUT2D eigenvalue weighted by Crippen LogP contribution is 2.40. The molecule has 184 valence electrons. The van der Waals surface area contributed by atoms with Gasteiger partial charge in [-0.25, -0.2) is 0 Å². The second-order valence-electron chi connectivity index (χ2n) is 9.62. The van der Waals surface area contributed by atoms with E-state index in [1.54, 1.807) is 11.7 Å². The van der Waals surface area contributed by atoms with Gasteiger partial charge >= 0.3 is 0 Å². The first-order valence-corrected chi connectivity index (χ1v) is 12.2. The molecule has 0 atom stereocenters. The number of carbonyl (C=O) groups excluding carboxylic acids is 2. The lowest BCUT2D eigenvalue weighted by molar-refractivity contribution is 0.0940. The number of nitrogens with zero attached hydrogens (tertiary/aromatic N) is 1. The summed E-state index contributed by atoms with van der Waals surface area (Å²) in [4.78, 5) is 39.1. The third-order valence-electron chi connectivity index (χ3n) is 6.66. The van der Waals surface area contributed by atoms with Gasteiger partial charge in [0.05, 0.1) is 6.61 Å². The van der Waals surface area contributed by atoms with Gasteiger partial charge in [-0.15, -0.1) is 0 Å². The van der Waals surface area contributed by atoms with Crippen molar-refractivity contribution in [3.05, 3.63) is 69.6 Å². The molecule has 0 spiro atoms. The Morgan fingerprint density at radius 1 is 1.03 bits per heavy atom. The first-order chi connectivity index (χ1) is 16.4. The predicted octanol–water partition coefficient (Wildman–Crippen LogP) is 3.51. The molecule has 1 saturated carbocycles. The number of rotatable bonds is 11. The summed E-state index contributed by atoms with van der Waals surface area (Å²) in [6.45, 7) is 5.90. The standard InChI is InChI=1S/C27H37N3O4/c1-20(2)11-14-28-25(32)22-17-30(15-16-34-3)18-23(24(22)31)26(33)29-19-27(12-7-8-13-27)21-9-5-4-6-10-21/h4-6,9-10,17-18,20H,7-8,11-16,19H2,1-3H3,(H,28,32)(H,29,33). The number of pyridine rings is 1. The van der Waals surface area contributed by atoms with E-state index in [9.17, 15) is 14.4 Å². The molecule has 1 aliphatic carbocycles. The summed E-state index contributed by atoms with van der Waals surface area (Å²) in [6, 6.07) is 10.2. The smallest absolute Gasteiger partial charge is 0.256 e. The Kier molecular flexibility index (Phi) is 9.05. The Morgan fingerprint density at radius 2 is 1.65 bits per heavy atom. The Labute approximate surface area is 201 Å². The van der Waals surface area contributed by atoms with Gasteiger partial charge in [-0.3, -0.25) is 14.4 Å². The molecule has 1 heterocycles. The van der Waals surface area contributed by atoms with Crippen LogP contribution in [0.2, 0.25) is 0 Å². The minimum Gasteiger partial charge on any atom is -0.383 e. The van der Waals surface area contributed by atoms with E-state index in [-0.39, 0.29) is 16.5 Å². The molecule has 2 N–H and O–H groups in total. The number of hydrogen-bond donors (Lipinski definition) is 2. The third kappa shape index (κ3) is 6.35. The highest BCUT2D eigenvalue weighted by molar-refractivity contribution is 5.99. The first kappa shape index (κ1) is 25.7. The fourth-order valence-corrected chi connectivity index (χ4v) is 4.61. The van der Waals surface area contributed by atoms with Gasteiger partial charge in [0.25, 0.3) is 11.8 Å². The van der Waals surface area contributed by atoms with Crippen LogP contribution < -0.4 is 16.1 Å². The third-order valence-corrected chi connectivity index (χ3v) is 6.66. The molecule has 7 nitrogen and oxygen atoms in total. The number of nitrogens with one attached hydrogen (secondary N) is 2. The van der Waals surface area contributed by atoms with E-state index in [1.165, 1.54) is 18.0 Å². The number of methoxy groups -OCH3 is 1. The molecule has 0 aliphatic heterocycles. The fraction of sp³-hybridized carbons (Fsp3) is 0.519. The van der Waals surface area contributed by atoms with Gasteiger partial charge in [-0.1, -0.05) is 57.0 Å². The van der Waals surface area contributed by atoms with Gasteiger partial charge in [0, 0.05) is 44.6 Å². The van der Waals surface area contributed by atoms with Crippen LogP contribution in [0.15, 0.2) is 47.5 Å². The van der Waals surface area contributed by atoms with Crippen molar-refractivity contribution < 1.29 is 14.3 Å². The van der Waals surface area contributed by atoms with Crippen molar-refractivity contribution in [2.75, 3.05) is 26.8 Å². The summed E-state index contributed by atoms with van der Waals surface area (Å²) < 4.78 is 6.83. The van der Waals surface area contributed by atoms with Gasteiger partial charge in [-0.05, 0) is 30.7 Å². The summed E-state index contributed by atoms with van der Waals surface area (Å²) >= 11 is 0. The van der Waals surface area contributed by atoms with Gasteiger partial charge < -0.3 is 19.9 Å². The molecule has 3 rings (SSSR count). The summed E-state index contributed by atoms with van der Waals surface area (Å²) in [5.74, 6) is -0.471. The normalized spacial score (nSPS) is 14.8. The first-order valence-electron chi connectivity index (χ1n) is 12.2. The van der Waals surface area contributed by atoms with Gasteiger partial charge in [0.15, 0.2) is 0 Å². The average molecular weight is 468 g/mol. The maximum absolute atomic E-state index is 13.2. The van der Waals surface area contributed by atoms with Crippen molar-refractivity contribution in [1.29, 1.82) is 0 Å². The number of benzene rings is 1. The maximum atomic E-state index is 13.2. The molecule has 2 aromatic rings. The quantitative estimate of drug-likeness (QED) is 0.529. The molecule has 0 unspecified atom stereocenters. The molecule has 1 aromatic heterocycles. The van der Waals surface area contributed by atoms with Crippen molar-refractivity contribution in [3.8, 4) is 0 Å². The number of amides is 2. The largest absolute Gasteiger partial charge is 0.383 e. The molecule has 0 radical (unpaired) electrons. The Balaban J connectivity index is 1.83. The second kappa shape index (κ2) is 12.0. The highest BCUT2D eigenvalue weighted by atomic mass is 16.5. The summed E-state index contributed by atoms with van der Waals surface area (Å²) in [6.07, 6.45) is 8.05. The van der Waals surface area contributed by atoms with Gasteiger partial charge in [0.2, 0.25) is 5.43 Å². The van der Waals surface area contributed by atoms with Crippen LogP contribution in [0.5, 0.6) is 0 Å². The Hall–Kier alpha value is -2.93. The van der Waals surface area contributed by atoms with Crippen LogP contribution in [0.4, 0.5) is 0 Å². The zero-order valence-electron chi connectivity index (χ0n) is 20.6. The van der Waals surface area contributed by atoms with E-state index >= 15 is 0 Å². The van der Waals surface area contributed by atoms with Crippen molar-refractivity contribution in [2.24, 2.45) is 5.92 Å². The van der Waals surface area contributed by atoms with E-state index in [4.69, 9.17) is 4.74 Å². The van der Waals surface area contributed by atoms with Gasteiger partial charge in [-0.2, -0.15) is 0 Å². The number of hydrogen-bond acceptors (Lipinski definition) is 4. The molecule has 1 fully saturated rings. The number of ether oxygens (including phenoxy) is 1. The lowest BCUT2D eigenvalue weighted by Gasteiger charge is -2.30. The van der Waals surface area contributed by atoms with Crippen molar-refractivity contribution in [3.63, 3.8) is 0 Å². The average Bonchev–Trinajstić information content (AvgIpc) is 3.32. The van der Waals surface area contributed by atoms with Crippen LogP contribution in [0.25, 0.3) is 0 Å². The summed E-state index contributed by atoms with van der Waals surface area (Å²) in [5, 5.41) is 5.82. The molecular weight excluding hydrogens is 430 g/mol. The maximum Gasteiger partial charge on any atom is 0.256 e. The van der Waals surface area contributed by atoms with E-state index in [2.05, 4.69) is 36.6 Å². The van der Waals surface area contributed by atoms with Crippen molar-refractivity contribution in [2.45, 2.75) is 57.9 Å². The van der Waals surface area contributed by atoms with E-state index in [0.29, 0.717) is 32.2 Å². The minimum absolute atomic E-state index is 0.0196. The topological polar surface area (TPSA) is 89.4 Å². The molecule has 1 aliphatic rings. The van der Waals surface area contributed by atoms with Crippen molar-refractivity contribution in [1.82, 2.24) is 15.2 Å². The van der Waals surface area contributed by atoms with Crippen LogP contribution in [0.3, 0.4) is 0 Å². The van der Waals surface area contributed by atoms with Crippen LogP contribution in [-0.4, -0.2) is 43.2 Å². The SMILES string of the molecule is COCCn1cc(C(=O)NCCC(C)C)c(=O)c(C(=O)NCC2(c3ccccc3)CCCC2)c1. The molecule has 0 bridgehead atoms. The van der Waals surface area contributed by atoms with Crippen LogP contribution in [-0.2, 0) is 16.7 Å². The summed E-state index contributed by atoms with van der Waals surface area (Å²) in [5.41, 5.74) is 0.495. The van der Waals surface area contributed by atoms with Crippen LogP contribution >= 0.6 is 0 Å². The zero-order chi connectivity index (χ0) is 24.6. The predicted molar refractivity (Wildman–Crippen MR) is 133 cm³/mol. The number of carbonyl (C=O) groups is 2. The van der Waals surface area contributed by atoms with Crippen LogP contribution in [0, 0.1) is 5.92 Å². The lowest BCUT2D eigenvalue weighted by Crippen LogP contribution is -2.41. The lowest BCUT2D eigenvalue weighted by atomic mass is 9.79. The second-order valence-corrected chi connectivity index (χ2v) is 9.62. The number of aromatic nitrogens is 1. The minimum atomic E-state index is -0.548. The van der Waals surface area contributed by atoms with E-state index in [0.717, 1.165) is 32.1 Å². The van der Waals surface area contributed by atoms with Crippen molar-refractivity contribution >= 4 is 11.8 Å². The van der Waals surface area contributed by atoms with Gasteiger partial charge in [0.1, 0.15) is 11.1 Å². The van der Waals surface area contributed by atoms with E-state index in [1.807, 2.05) is 18.2 Å². The summed E-state index contributed by atoms with van der Waals surface area (Å²) in [7, 11) is 1.58. The molecule has 7 heteroatoms. The monoisotopic (exact) mass is 467 g/mol. The molecule has 2 amide bonds. The molecular formula is C27H37N3O4. The Bertz CT molecular complexity index is 1020. The van der Waals surface area contributed by atoms with Crippen LogP contribution in [0.1, 0.15) is 72.2 Å². The molecule has 34 heavy (non-hydrogen) atoms. The highest BCUT2D eigenvalue weighted by Gasteiger charge is 2.36. The Morgan fingerprint density at radius 3 is 2.24 bits per heavy atom. The van der Waals surface area contributed by atoms with E-state index < -0.39 is 17.2 Å².